The Morgan fingerprint density at radius 3 is 2.26 bits per heavy atom. The first-order valence-corrected chi connectivity index (χ1v) is 11.0. The molecule has 2 unspecified atom stereocenters. The zero-order valence-corrected chi connectivity index (χ0v) is 19.4. The van der Waals surface area contributed by atoms with Gasteiger partial charge in [0.1, 0.15) is 0 Å². The van der Waals surface area contributed by atoms with Gasteiger partial charge in [-0.15, -0.1) is 0 Å². The molecule has 2 aliphatic rings. The summed E-state index contributed by atoms with van der Waals surface area (Å²) in [5.41, 5.74) is -1.43. The van der Waals surface area contributed by atoms with E-state index in [2.05, 4.69) is 10.5 Å². The maximum atomic E-state index is 13.5. The minimum Gasteiger partial charge on any atom is -0.325 e. The smallest absolute Gasteiger partial charge is 0.325 e. The van der Waals surface area contributed by atoms with Crippen LogP contribution in [0.3, 0.4) is 0 Å². The van der Waals surface area contributed by atoms with Crippen molar-refractivity contribution in [2.24, 2.45) is 21.4 Å². The summed E-state index contributed by atoms with van der Waals surface area (Å²) in [5, 5.41) is 29.0. The lowest BCUT2D eigenvalue weighted by atomic mass is 9.64. The van der Waals surface area contributed by atoms with Crippen molar-refractivity contribution in [1.29, 1.82) is 0 Å². The Hall–Kier alpha value is -4.15. The summed E-state index contributed by atoms with van der Waals surface area (Å²) in [7, 11) is 0. The van der Waals surface area contributed by atoms with Crippen molar-refractivity contribution in [2.45, 2.75) is 40.0 Å². The third-order valence-electron chi connectivity index (χ3n) is 8.01. The van der Waals surface area contributed by atoms with Crippen molar-refractivity contribution >= 4 is 34.7 Å². The highest BCUT2D eigenvalue weighted by molar-refractivity contribution is 6.06. The number of amides is 1. The summed E-state index contributed by atoms with van der Waals surface area (Å²) in [6, 6.07) is 10.9. The van der Waals surface area contributed by atoms with Crippen LogP contribution in [0.15, 0.2) is 53.7 Å². The van der Waals surface area contributed by atoms with E-state index in [9.17, 15) is 29.8 Å². The topological polar surface area (TPSA) is 154 Å². The molecule has 2 atom stereocenters. The second kappa shape index (κ2) is 8.26. The molecule has 0 spiro atoms. The van der Waals surface area contributed by atoms with Crippen LogP contribution in [-0.2, 0) is 9.63 Å². The van der Waals surface area contributed by atoms with Gasteiger partial charge in [0.15, 0.2) is 0 Å². The fourth-order valence-electron chi connectivity index (χ4n) is 5.37. The van der Waals surface area contributed by atoms with Gasteiger partial charge in [-0.05, 0) is 30.4 Å². The molecule has 4 rings (SSSR count). The lowest BCUT2D eigenvalue weighted by molar-refractivity contribution is -0.385. The van der Waals surface area contributed by atoms with Crippen LogP contribution in [0.1, 0.15) is 50.4 Å². The highest BCUT2D eigenvalue weighted by atomic mass is 16.7. The minimum atomic E-state index is -0.858. The van der Waals surface area contributed by atoms with E-state index in [1.165, 1.54) is 36.4 Å². The van der Waals surface area contributed by atoms with E-state index in [4.69, 9.17) is 4.84 Å². The number of fused-ring (bicyclic) bond motifs is 2. The number of nitrogens with one attached hydrogen (secondary N) is 1. The predicted octanol–water partition coefficient (Wildman–Crippen LogP) is 4.87. The van der Waals surface area contributed by atoms with Gasteiger partial charge in [-0.25, -0.2) is 4.79 Å². The number of carbonyl (C=O) groups is 2. The second-order valence-electron chi connectivity index (χ2n) is 9.70. The molecule has 0 saturated heterocycles. The third-order valence-corrected chi connectivity index (χ3v) is 8.01. The van der Waals surface area contributed by atoms with Gasteiger partial charge in [-0.1, -0.05) is 38.1 Å². The van der Waals surface area contributed by atoms with E-state index >= 15 is 0 Å². The van der Waals surface area contributed by atoms with Gasteiger partial charge in [0.05, 0.1) is 26.5 Å². The van der Waals surface area contributed by atoms with E-state index in [1.807, 2.05) is 20.8 Å². The first-order chi connectivity index (χ1) is 16.4. The van der Waals surface area contributed by atoms with Gasteiger partial charge in [0, 0.05) is 41.8 Å². The summed E-state index contributed by atoms with van der Waals surface area (Å²) in [6.07, 6.45) is 1.46. The molecule has 0 heterocycles. The number of oxime groups is 1. The number of benzene rings is 2. The number of carbonyl (C=O) groups excluding carboxylic acids is 2. The number of hydrogen-bond acceptors (Lipinski definition) is 8. The first kappa shape index (κ1) is 24.0. The lowest BCUT2D eigenvalue weighted by Gasteiger charge is -2.39. The Labute approximate surface area is 200 Å². The molecule has 2 aromatic carbocycles. The van der Waals surface area contributed by atoms with Gasteiger partial charge in [0.2, 0.25) is 5.91 Å². The summed E-state index contributed by atoms with van der Waals surface area (Å²) >= 11 is 0. The van der Waals surface area contributed by atoms with E-state index in [0.717, 1.165) is 6.07 Å². The molecular formula is C24H24N4O7. The number of rotatable bonds is 6. The van der Waals surface area contributed by atoms with Crippen LogP contribution >= 0.6 is 0 Å². The molecule has 2 aliphatic carbocycles. The molecule has 2 bridgehead atoms. The van der Waals surface area contributed by atoms with E-state index in [0.29, 0.717) is 24.2 Å². The van der Waals surface area contributed by atoms with Crippen molar-refractivity contribution < 1.29 is 24.3 Å². The zero-order chi connectivity index (χ0) is 25.6. The fraction of sp³-hybridized carbons (Fsp3) is 0.375. The van der Waals surface area contributed by atoms with Crippen molar-refractivity contribution in [3.8, 4) is 0 Å². The molecule has 2 saturated carbocycles. The molecule has 11 heteroatoms. The Morgan fingerprint density at radius 2 is 1.60 bits per heavy atom. The maximum absolute atomic E-state index is 13.5. The van der Waals surface area contributed by atoms with E-state index in [-0.39, 0.29) is 29.3 Å². The Morgan fingerprint density at radius 1 is 0.971 bits per heavy atom. The number of non-ortho nitro benzene ring substituents is 2. The van der Waals surface area contributed by atoms with Crippen LogP contribution in [0.2, 0.25) is 0 Å². The number of anilines is 1. The summed E-state index contributed by atoms with van der Waals surface area (Å²) in [4.78, 5) is 52.1. The molecule has 182 valence electrons. The predicted molar refractivity (Wildman–Crippen MR) is 126 cm³/mol. The maximum Gasteiger partial charge on any atom is 0.365 e. The van der Waals surface area contributed by atoms with Crippen LogP contribution in [0.4, 0.5) is 17.1 Å². The van der Waals surface area contributed by atoms with Crippen LogP contribution in [0, 0.1) is 36.5 Å². The molecule has 0 aliphatic heterocycles. The Bertz CT molecular complexity index is 1290. The summed E-state index contributed by atoms with van der Waals surface area (Å²) < 4.78 is 0. The van der Waals surface area contributed by atoms with Gasteiger partial charge in [-0.2, -0.15) is 0 Å². The lowest BCUT2D eigenvalue weighted by Crippen LogP contribution is -2.43. The van der Waals surface area contributed by atoms with Crippen LogP contribution in [0.25, 0.3) is 0 Å². The quantitative estimate of drug-likeness (QED) is 0.351. The van der Waals surface area contributed by atoms with Gasteiger partial charge >= 0.3 is 5.97 Å². The largest absolute Gasteiger partial charge is 0.365 e. The Kier molecular flexibility index (Phi) is 5.66. The van der Waals surface area contributed by atoms with Crippen molar-refractivity contribution in [1.82, 2.24) is 0 Å². The van der Waals surface area contributed by atoms with Crippen molar-refractivity contribution in [3.05, 3.63) is 74.3 Å². The van der Waals surface area contributed by atoms with E-state index in [1.54, 1.807) is 6.07 Å². The molecule has 11 nitrogen and oxygen atoms in total. The molecule has 0 aromatic heterocycles. The number of nitrogens with zero attached hydrogens (tertiary/aromatic N) is 3. The second-order valence-corrected chi connectivity index (χ2v) is 9.70. The molecule has 1 amide bonds. The van der Waals surface area contributed by atoms with Crippen LogP contribution < -0.4 is 5.32 Å². The van der Waals surface area contributed by atoms with Crippen molar-refractivity contribution in [3.63, 3.8) is 0 Å². The molecule has 1 N–H and O–H groups in total. The SMILES string of the molecule is CC12CCC(C(=O)Nc3cccc([N+](=O)[O-])c3)(CC1=NOC(=O)c1cccc([N+](=O)[O-])c1)C2(C)C. The molecule has 2 fully saturated rings. The zero-order valence-electron chi connectivity index (χ0n) is 19.4. The van der Waals surface area contributed by atoms with Crippen LogP contribution in [-0.4, -0.2) is 27.4 Å². The number of nitro benzene ring substituents is 2. The Balaban J connectivity index is 1.58. The molecule has 0 radical (unpaired) electrons. The van der Waals surface area contributed by atoms with Crippen molar-refractivity contribution in [2.75, 3.05) is 5.32 Å². The standard InChI is InChI=1S/C24H24N4O7/c1-22(2)23(3)10-11-24(22,21(30)25-16-7-5-9-18(13-16)28(33)34)14-19(23)26-35-20(29)15-6-4-8-17(12-15)27(31)32/h4-9,12-13H,10-11,14H2,1-3H3,(H,25,30). The van der Waals surface area contributed by atoms with Gasteiger partial charge < -0.3 is 10.2 Å². The highest BCUT2D eigenvalue weighted by Gasteiger charge is 2.71. The normalized spacial score (nSPS) is 25.3. The summed E-state index contributed by atoms with van der Waals surface area (Å²) in [6.45, 7) is 5.91. The summed E-state index contributed by atoms with van der Waals surface area (Å²) in [5.74, 6) is -1.11. The van der Waals surface area contributed by atoms with Gasteiger partial charge in [0.25, 0.3) is 11.4 Å². The first-order valence-electron chi connectivity index (χ1n) is 11.0. The van der Waals surface area contributed by atoms with E-state index < -0.39 is 32.1 Å². The number of hydrogen-bond donors (Lipinski definition) is 1. The molecule has 35 heavy (non-hydrogen) atoms. The molecular weight excluding hydrogens is 456 g/mol. The number of nitro groups is 2. The fourth-order valence-corrected chi connectivity index (χ4v) is 5.37. The average Bonchev–Trinajstić information content (AvgIpc) is 3.13. The van der Waals surface area contributed by atoms with Crippen LogP contribution in [0.5, 0.6) is 0 Å². The third kappa shape index (κ3) is 3.72. The van der Waals surface area contributed by atoms with Gasteiger partial charge in [-0.3, -0.25) is 25.0 Å². The average molecular weight is 480 g/mol. The molecule has 2 aromatic rings. The monoisotopic (exact) mass is 480 g/mol. The minimum absolute atomic E-state index is 0.00533. The highest BCUT2D eigenvalue weighted by Crippen LogP contribution is 2.71.